The molecule has 0 aliphatic carbocycles. The number of hydrogen-bond acceptors (Lipinski definition) is 8. The summed E-state index contributed by atoms with van der Waals surface area (Å²) in [4.78, 5) is 22.0. The van der Waals surface area contributed by atoms with Crippen LogP contribution in [0, 0.1) is 5.92 Å². The Balaban J connectivity index is 1.20. The highest BCUT2D eigenvalue weighted by Gasteiger charge is 2.30. The fraction of sp³-hybridized carbons (Fsp3) is 0.500. The fourth-order valence-electron chi connectivity index (χ4n) is 4.69. The minimum Gasteiger partial charge on any atom is -0.486 e. The maximum atomic E-state index is 13.0. The highest BCUT2D eigenvalue weighted by molar-refractivity contribution is 7.89. The van der Waals surface area contributed by atoms with Gasteiger partial charge in [-0.1, -0.05) is 0 Å². The van der Waals surface area contributed by atoms with E-state index < -0.39 is 10.0 Å². The molecule has 2 fully saturated rings. The summed E-state index contributed by atoms with van der Waals surface area (Å²) in [6.07, 6.45) is 2.89. The summed E-state index contributed by atoms with van der Waals surface area (Å²) in [5.41, 5.74) is 0.652. The highest BCUT2D eigenvalue weighted by atomic mass is 32.2. The fourth-order valence-corrected chi connectivity index (χ4v) is 6.06. The van der Waals surface area contributed by atoms with Crippen molar-refractivity contribution in [2.45, 2.75) is 17.7 Å². The van der Waals surface area contributed by atoms with E-state index in [0.29, 0.717) is 56.5 Å². The smallest absolute Gasteiger partial charge is 0.244 e. The molecule has 0 N–H and O–H groups in total. The lowest BCUT2D eigenvalue weighted by molar-refractivity contribution is 0.0899. The number of carbonyl (C=O) groups excluding carboxylic acids is 1. The third kappa shape index (κ3) is 4.62. The molecule has 0 radical (unpaired) electrons. The molecular formula is C24H30N4O5S. The number of aromatic nitrogens is 1. The number of pyridine rings is 1. The van der Waals surface area contributed by atoms with E-state index in [1.165, 1.54) is 10.5 Å². The Hall–Kier alpha value is -2.69. The van der Waals surface area contributed by atoms with Gasteiger partial charge in [0.25, 0.3) is 0 Å². The molecule has 0 bridgehead atoms. The number of benzene rings is 1. The molecular weight excluding hydrogens is 456 g/mol. The Morgan fingerprint density at radius 2 is 1.65 bits per heavy atom. The molecule has 34 heavy (non-hydrogen) atoms. The van der Waals surface area contributed by atoms with Crippen molar-refractivity contribution in [2.75, 3.05) is 64.4 Å². The van der Waals surface area contributed by atoms with Crippen LogP contribution in [0.1, 0.15) is 23.2 Å². The lowest BCUT2D eigenvalue weighted by Gasteiger charge is -2.33. The summed E-state index contributed by atoms with van der Waals surface area (Å²) in [6.45, 7) is 4.84. The summed E-state index contributed by atoms with van der Waals surface area (Å²) in [5.74, 6) is 2.11. The number of ether oxygens (including phenoxy) is 2. The summed E-state index contributed by atoms with van der Waals surface area (Å²) >= 11 is 0. The monoisotopic (exact) mass is 486 g/mol. The second-order valence-electron chi connectivity index (χ2n) is 9.04. The molecule has 1 aromatic carbocycles. The van der Waals surface area contributed by atoms with Crippen molar-refractivity contribution in [1.29, 1.82) is 0 Å². The minimum atomic E-state index is -3.53. The number of hydrogen-bond donors (Lipinski definition) is 0. The van der Waals surface area contributed by atoms with Gasteiger partial charge in [-0.15, -0.1) is 0 Å². The number of carbonyl (C=O) groups is 1. The summed E-state index contributed by atoms with van der Waals surface area (Å²) in [6, 6.07) is 8.81. The highest BCUT2D eigenvalue weighted by Crippen LogP contribution is 2.33. The van der Waals surface area contributed by atoms with E-state index in [1.54, 1.807) is 24.3 Å². The molecule has 0 unspecified atom stereocenters. The zero-order valence-corrected chi connectivity index (χ0v) is 20.2. The lowest BCUT2D eigenvalue weighted by atomic mass is 9.88. The van der Waals surface area contributed by atoms with Crippen molar-refractivity contribution in [2.24, 2.45) is 5.92 Å². The van der Waals surface area contributed by atoms with E-state index in [9.17, 15) is 13.2 Å². The number of ketones is 1. The quantitative estimate of drug-likeness (QED) is 0.592. The number of rotatable bonds is 5. The van der Waals surface area contributed by atoms with Crippen LogP contribution in [0.4, 0.5) is 5.82 Å². The van der Waals surface area contributed by atoms with Gasteiger partial charge in [0.2, 0.25) is 10.0 Å². The van der Waals surface area contributed by atoms with E-state index in [0.717, 1.165) is 31.7 Å². The summed E-state index contributed by atoms with van der Waals surface area (Å²) < 4.78 is 38.5. The van der Waals surface area contributed by atoms with Crippen LogP contribution in [0.15, 0.2) is 41.4 Å². The molecule has 5 rings (SSSR count). The number of piperidine rings is 1. The minimum absolute atomic E-state index is 0.0595. The molecule has 0 spiro atoms. The Labute approximate surface area is 200 Å². The number of sulfonamides is 1. The first kappa shape index (κ1) is 23.1. The van der Waals surface area contributed by atoms with Crippen LogP contribution in [-0.4, -0.2) is 87.9 Å². The average Bonchev–Trinajstić information content (AvgIpc) is 2.88. The predicted octanol–water partition coefficient (Wildman–Crippen LogP) is 1.89. The molecule has 0 amide bonds. The van der Waals surface area contributed by atoms with Crippen molar-refractivity contribution in [3.05, 3.63) is 42.1 Å². The van der Waals surface area contributed by atoms with Crippen LogP contribution >= 0.6 is 0 Å². The van der Waals surface area contributed by atoms with Crippen LogP contribution in [0.5, 0.6) is 11.5 Å². The largest absolute Gasteiger partial charge is 0.486 e. The van der Waals surface area contributed by atoms with E-state index in [2.05, 4.69) is 14.8 Å². The first-order chi connectivity index (χ1) is 16.4. The summed E-state index contributed by atoms with van der Waals surface area (Å²) in [7, 11) is -1.54. The van der Waals surface area contributed by atoms with Crippen molar-refractivity contribution >= 4 is 21.6 Å². The average molecular weight is 487 g/mol. The van der Waals surface area contributed by atoms with Gasteiger partial charge in [0.15, 0.2) is 17.3 Å². The van der Waals surface area contributed by atoms with E-state index in [4.69, 9.17) is 9.47 Å². The molecule has 9 nitrogen and oxygen atoms in total. The third-order valence-electron chi connectivity index (χ3n) is 6.84. The molecule has 2 aromatic rings. The van der Waals surface area contributed by atoms with Crippen LogP contribution in [0.2, 0.25) is 0 Å². The normalized spacial score (nSPS) is 20.3. The standard InChI is InChI=1S/C24H30N4O5S/c1-26-10-12-28(13-11-26)34(30,31)20-3-5-23(25-17-20)27-8-6-18(7-9-27)24(29)19-2-4-21-22(16-19)33-15-14-32-21/h2-5,16-18H,6-15H2,1H3. The molecule has 3 aliphatic rings. The van der Waals surface area contributed by atoms with Gasteiger partial charge in [-0.25, -0.2) is 13.4 Å². The first-order valence-corrected chi connectivity index (χ1v) is 13.2. The SMILES string of the molecule is CN1CCN(S(=O)(=O)c2ccc(N3CCC(C(=O)c4ccc5c(c4)OCCO5)CC3)nc2)CC1. The Bertz CT molecular complexity index is 1140. The van der Waals surface area contributed by atoms with Gasteiger partial charge >= 0.3 is 0 Å². The van der Waals surface area contributed by atoms with Crippen LogP contribution in [0.25, 0.3) is 0 Å². The number of nitrogens with zero attached hydrogens (tertiary/aromatic N) is 4. The van der Waals surface area contributed by atoms with Crippen molar-refractivity contribution in [3.63, 3.8) is 0 Å². The maximum Gasteiger partial charge on any atom is 0.244 e. The molecule has 10 heteroatoms. The number of Topliss-reactive ketones (excluding diaryl/α,β-unsaturated/α-hetero) is 1. The van der Waals surface area contributed by atoms with E-state index in [-0.39, 0.29) is 16.6 Å². The Morgan fingerprint density at radius 1 is 0.941 bits per heavy atom. The Morgan fingerprint density at radius 3 is 2.32 bits per heavy atom. The van der Waals surface area contributed by atoms with Gasteiger partial charge in [-0.3, -0.25) is 4.79 Å². The zero-order valence-electron chi connectivity index (χ0n) is 19.4. The lowest BCUT2D eigenvalue weighted by Crippen LogP contribution is -2.47. The van der Waals surface area contributed by atoms with Gasteiger partial charge in [0.1, 0.15) is 23.9 Å². The Kier molecular flexibility index (Phi) is 6.46. The molecule has 2 saturated heterocycles. The van der Waals surface area contributed by atoms with Gasteiger partial charge in [-0.2, -0.15) is 4.31 Å². The van der Waals surface area contributed by atoms with Crippen molar-refractivity contribution in [1.82, 2.24) is 14.2 Å². The number of likely N-dealkylation sites (N-methyl/N-ethyl adjacent to an activating group) is 1. The molecule has 0 atom stereocenters. The molecule has 4 heterocycles. The van der Waals surface area contributed by atoms with E-state index in [1.807, 2.05) is 13.1 Å². The van der Waals surface area contributed by atoms with Crippen LogP contribution < -0.4 is 14.4 Å². The zero-order chi connectivity index (χ0) is 23.7. The topological polar surface area (TPSA) is 92.3 Å². The number of fused-ring (bicyclic) bond motifs is 1. The van der Waals surface area contributed by atoms with Gasteiger partial charge < -0.3 is 19.3 Å². The number of piperazine rings is 1. The molecule has 1 aromatic heterocycles. The third-order valence-corrected chi connectivity index (χ3v) is 8.72. The van der Waals surface area contributed by atoms with Crippen molar-refractivity contribution in [3.8, 4) is 11.5 Å². The van der Waals surface area contributed by atoms with Crippen molar-refractivity contribution < 1.29 is 22.7 Å². The molecule has 0 saturated carbocycles. The number of anilines is 1. The first-order valence-electron chi connectivity index (χ1n) is 11.8. The maximum absolute atomic E-state index is 13.0. The second-order valence-corrected chi connectivity index (χ2v) is 11.0. The molecule has 3 aliphatic heterocycles. The van der Waals surface area contributed by atoms with E-state index >= 15 is 0 Å². The summed E-state index contributed by atoms with van der Waals surface area (Å²) in [5, 5.41) is 0. The van der Waals surface area contributed by atoms with Crippen LogP contribution in [0.3, 0.4) is 0 Å². The molecule has 182 valence electrons. The second kappa shape index (κ2) is 9.52. The van der Waals surface area contributed by atoms with Gasteiger partial charge in [0, 0.05) is 56.9 Å². The predicted molar refractivity (Wildman–Crippen MR) is 127 cm³/mol. The van der Waals surface area contributed by atoms with Gasteiger partial charge in [0.05, 0.1) is 0 Å². The van der Waals surface area contributed by atoms with Gasteiger partial charge in [-0.05, 0) is 50.2 Å². The van der Waals surface area contributed by atoms with Crippen LogP contribution in [-0.2, 0) is 10.0 Å².